The molecule has 1 saturated heterocycles. The molecule has 1 aliphatic heterocycles. The monoisotopic (exact) mass is 313 g/mol. The topological polar surface area (TPSA) is 67.4 Å². The van der Waals surface area contributed by atoms with Gasteiger partial charge in [-0.25, -0.2) is 0 Å². The van der Waals surface area contributed by atoms with Gasteiger partial charge in [0.2, 0.25) is 5.91 Å². The van der Waals surface area contributed by atoms with Crippen LogP contribution in [0.2, 0.25) is 0 Å². The first-order valence-electron chi connectivity index (χ1n) is 7.95. The molecular weight excluding hydrogens is 290 g/mol. The van der Waals surface area contributed by atoms with Crippen molar-refractivity contribution in [1.82, 2.24) is 14.7 Å². The number of aryl methyl sites for hydroxylation is 1. The zero-order valence-electron chi connectivity index (χ0n) is 13.4. The summed E-state index contributed by atoms with van der Waals surface area (Å²) in [5.41, 5.74) is 8.28. The van der Waals surface area contributed by atoms with E-state index in [0.29, 0.717) is 6.42 Å². The lowest BCUT2D eigenvalue weighted by atomic mass is 10.0. The molecule has 1 amide bonds. The molecule has 3 rings (SSSR count). The van der Waals surface area contributed by atoms with Crippen molar-refractivity contribution in [2.24, 2.45) is 12.8 Å². The molecule has 6 heteroatoms. The van der Waals surface area contributed by atoms with E-state index in [1.165, 1.54) is 0 Å². The first-order chi connectivity index (χ1) is 11.1. The van der Waals surface area contributed by atoms with E-state index in [1.807, 2.05) is 54.7 Å². The van der Waals surface area contributed by atoms with Crippen molar-refractivity contribution in [3.63, 3.8) is 0 Å². The molecule has 122 valence electrons. The van der Waals surface area contributed by atoms with Gasteiger partial charge in [0.05, 0.1) is 11.9 Å². The molecule has 2 heterocycles. The van der Waals surface area contributed by atoms with E-state index >= 15 is 0 Å². The molecule has 0 saturated carbocycles. The summed E-state index contributed by atoms with van der Waals surface area (Å²) in [7, 11) is 1.91. The third-order valence-electron chi connectivity index (χ3n) is 4.31. The van der Waals surface area contributed by atoms with Gasteiger partial charge in [-0.3, -0.25) is 9.48 Å². The second-order valence-corrected chi connectivity index (χ2v) is 5.96. The van der Waals surface area contributed by atoms with Crippen molar-refractivity contribution in [3.05, 3.63) is 48.3 Å². The first kappa shape index (κ1) is 15.6. The Morgan fingerprint density at radius 3 is 2.52 bits per heavy atom. The quantitative estimate of drug-likeness (QED) is 0.920. The predicted molar refractivity (Wildman–Crippen MR) is 90.0 cm³/mol. The lowest BCUT2D eigenvalue weighted by Gasteiger charge is -2.35. The summed E-state index contributed by atoms with van der Waals surface area (Å²) in [5.74, 6) is 0.132. The Hall–Kier alpha value is -2.34. The number of carbonyl (C=O) groups is 1. The molecule has 1 aromatic carbocycles. The number of aromatic nitrogens is 2. The van der Waals surface area contributed by atoms with Crippen LogP contribution in [0.1, 0.15) is 18.0 Å². The Morgan fingerprint density at radius 2 is 1.91 bits per heavy atom. The van der Waals surface area contributed by atoms with Crippen molar-refractivity contribution in [2.45, 2.75) is 12.5 Å². The van der Waals surface area contributed by atoms with Crippen molar-refractivity contribution in [1.29, 1.82) is 0 Å². The fourth-order valence-corrected chi connectivity index (χ4v) is 2.92. The average molecular weight is 313 g/mol. The van der Waals surface area contributed by atoms with E-state index < -0.39 is 0 Å². The molecule has 0 radical (unpaired) electrons. The number of piperazine rings is 1. The normalized spacial score (nSPS) is 16.4. The second-order valence-electron chi connectivity index (χ2n) is 5.96. The fraction of sp³-hybridized carbons (Fsp3) is 0.412. The molecule has 1 atom stereocenters. The summed E-state index contributed by atoms with van der Waals surface area (Å²) in [6.07, 6.45) is 4.22. The lowest BCUT2D eigenvalue weighted by Crippen LogP contribution is -2.49. The van der Waals surface area contributed by atoms with Crippen LogP contribution in [0.4, 0.5) is 5.69 Å². The number of anilines is 1. The molecule has 1 unspecified atom stereocenters. The fourth-order valence-electron chi connectivity index (χ4n) is 2.92. The van der Waals surface area contributed by atoms with Crippen LogP contribution >= 0.6 is 0 Å². The molecule has 2 N–H and O–H groups in total. The zero-order chi connectivity index (χ0) is 16.2. The Kier molecular flexibility index (Phi) is 4.62. The van der Waals surface area contributed by atoms with Crippen molar-refractivity contribution in [3.8, 4) is 0 Å². The number of hydrogen-bond donors (Lipinski definition) is 1. The van der Waals surface area contributed by atoms with E-state index in [1.54, 1.807) is 4.68 Å². The molecule has 2 aromatic rings. The predicted octanol–water partition coefficient (Wildman–Crippen LogP) is 1.16. The summed E-state index contributed by atoms with van der Waals surface area (Å²) in [5, 5.41) is 4.20. The van der Waals surface area contributed by atoms with Gasteiger partial charge in [0.1, 0.15) is 0 Å². The van der Waals surface area contributed by atoms with Gasteiger partial charge in [-0.05, 0) is 5.56 Å². The van der Waals surface area contributed by atoms with Gasteiger partial charge in [0, 0.05) is 51.9 Å². The molecule has 0 bridgehead atoms. The van der Waals surface area contributed by atoms with E-state index in [2.05, 4.69) is 10.00 Å². The number of nitrogens with two attached hydrogens (primary N) is 1. The molecule has 0 spiro atoms. The van der Waals surface area contributed by atoms with E-state index in [0.717, 1.165) is 37.4 Å². The van der Waals surface area contributed by atoms with Gasteiger partial charge in [0.15, 0.2) is 0 Å². The maximum absolute atomic E-state index is 12.4. The van der Waals surface area contributed by atoms with Gasteiger partial charge in [-0.1, -0.05) is 30.3 Å². The van der Waals surface area contributed by atoms with Crippen LogP contribution in [-0.2, 0) is 11.8 Å². The van der Waals surface area contributed by atoms with E-state index in [4.69, 9.17) is 5.73 Å². The second kappa shape index (κ2) is 6.83. The van der Waals surface area contributed by atoms with Crippen LogP contribution in [0.3, 0.4) is 0 Å². The van der Waals surface area contributed by atoms with Gasteiger partial charge < -0.3 is 15.5 Å². The minimum atomic E-state index is -0.236. The molecule has 23 heavy (non-hydrogen) atoms. The van der Waals surface area contributed by atoms with Crippen LogP contribution in [0.15, 0.2) is 42.7 Å². The summed E-state index contributed by atoms with van der Waals surface area (Å²) in [4.78, 5) is 16.6. The molecule has 1 fully saturated rings. The highest BCUT2D eigenvalue weighted by molar-refractivity contribution is 5.77. The molecule has 6 nitrogen and oxygen atoms in total. The molecular formula is C17H23N5O. The number of nitrogens with zero attached hydrogens (tertiary/aromatic N) is 4. The largest absolute Gasteiger partial charge is 0.365 e. The van der Waals surface area contributed by atoms with Crippen LogP contribution < -0.4 is 10.6 Å². The highest BCUT2D eigenvalue weighted by Gasteiger charge is 2.23. The number of carbonyl (C=O) groups excluding carboxylic acids is 1. The molecule has 0 aliphatic carbocycles. The average Bonchev–Trinajstić information content (AvgIpc) is 3.02. The van der Waals surface area contributed by atoms with Crippen molar-refractivity contribution >= 4 is 11.6 Å². The smallest absolute Gasteiger partial charge is 0.224 e. The zero-order valence-corrected chi connectivity index (χ0v) is 13.4. The standard InChI is InChI=1S/C17H23N5O/c1-20-13-15(12-19-20)21-7-9-22(10-8-21)17(23)11-16(18)14-5-3-2-4-6-14/h2-6,12-13,16H,7-11,18H2,1H3. The summed E-state index contributed by atoms with van der Waals surface area (Å²) in [6, 6.07) is 9.56. The van der Waals surface area contributed by atoms with Gasteiger partial charge >= 0.3 is 0 Å². The van der Waals surface area contributed by atoms with Crippen LogP contribution in [-0.4, -0.2) is 46.8 Å². The first-order valence-corrected chi connectivity index (χ1v) is 7.95. The van der Waals surface area contributed by atoms with E-state index in [9.17, 15) is 4.79 Å². The summed E-state index contributed by atoms with van der Waals surface area (Å²) < 4.78 is 1.80. The Morgan fingerprint density at radius 1 is 1.22 bits per heavy atom. The minimum absolute atomic E-state index is 0.132. The minimum Gasteiger partial charge on any atom is -0.365 e. The third kappa shape index (κ3) is 3.71. The van der Waals surface area contributed by atoms with E-state index in [-0.39, 0.29) is 11.9 Å². The number of amides is 1. The highest BCUT2D eigenvalue weighted by Crippen LogP contribution is 2.18. The van der Waals surface area contributed by atoms with Crippen LogP contribution in [0, 0.1) is 0 Å². The molecule has 1 aromatic heterocycles. The summed E-state index contributed by atoms with van der Waals surface area (Å²) in [6.45, 7) is 3.13. The van der Waals surface area contributed by atoms with Crippen molar-refractivity contribution in [2.75, 3.05) is 31.1 Å². The molecule has 1 aliphatic rings. The van der Waals surface area contributed by atoms with Gasteiger partial charge in [-0.15, -0.1) is 0 Å². The number of rotatable bonds is 4. The maximum atomic E-state index is 12.4. The Bertz CT molecular complexity index is 646. The number of hydrogen-bond acceptors (Lipinski definition) is 4. The highest BCUT2D eigenvalue weighted by atomic mass is 16.2. The number of benzene rings is 1. The van der Waals surface area contributed by atoms with Gasteiger partial charge in [0.25, 0.3) is 0 Å². The van der Waals surface area contributed by atoms with Crippen molar-refractivity contribution < 1.29 is 4.79 Å². The van der Waals surface area contributed by atoms with Crippen LogP contribution in [0.5, 0.6) is 0 Å². The summed E-state index contributed by atoms with van der Waals surface area (Å²) >= 11 is 0. The van der Waals surface area contributed by atoms with Gasteiger partial charge in [-0.2, -0.15) is 5.10 Å². The Labute approximate surface area is 136 Å². The maximum Gasteiger partial charge on any atom is 0.224 e. The lowest BCUT2D eigenvalue weighted by molar-refractivity contribution is -0.131. The van der Waals surface area contributed by atoms with Crippen LogP contribution in [0.25, 0.3) is 0 Å². The third-order valence-corrected chi connectivity index (χ3v) is 4.31. The SMILES string of the molecule is Cn1cc(N2CCN(C(=O)CC(N)c3ccccc3)CC2)cn1. The Balaban J connectivity index is 1.52.